The van der Waals surface area contributed by atoms with Crippen molar-refractivity contribution in [3.05, 3.63) is 28.2 Å². The molecule has 0 radical (unpaired) electrons. The van der Waals surface area contributed by atoms with Crippen molar-refractivity contribution in [2.75, 3.05) is 34.8 Å². The van der Waals surface area contributed by atoms with Gasteiger partial charge in [-0.1, -0.05) is 0 Å². The summed E-state index contributed by atoms with van der Waals surface area (Å²) in [6.45, 7) is -0.414. The molecule has 0 aliphatic rings. The third kappa shape index (κ3) is 4.28. The first-order valence-corrected chi connectivity index (χ1v) is 8.40. The van der Waals surface area contributed by atoms with Crippen LogP contribution in [0.3, 0.4) is 0 Å². The van der Waals surface area contributed by atoms with Gasteiger partial charge in [0.05, 0.1) is 10.5 Å². The second-order valence-corrected chi connectivity index (χ2v) is 7.80. The molecule has 0 atom stereocenters. The summed E-state index contributed by atoms with van der Waals surface area (Å²) in [6.07, 6.45) is 0. The molecular weight excluding hydrogens is 376 g/mol. The average Bonchev–Trinajstić information content (AvgIpc) is 2.44. The van der Waals surface area contributed by atoms with Gasteiger partial charge < -0.3 is 9.64 Å². The van der Waals surface area contributed by atoms with E-state index in [4.69, 9.17) is 4.74 Å². The van der Waals surface area contributed by atoms with Gasteiger partial charge in [0.2, 0.25) is 10.0 Å². The molecule has 1 rings (SSSR count). The Labute approximate surface area is 138 Å². The van der Waals surface area contributed by atoms with Crippen LogP contribution in [0, 0.1) is 0 Å². The number of sulfonamides is 1. The maximum atomic E-state index is 12.1. The zero-order chi connectivity index (χ0) is 17.1. The van der Waals surface area contributed by atoms with E-state index in [9.17, 15) is 18.0 Å². The van der Waals surface area contributed by atoms with Gasteiger partial charge in [0.25, 0.3) is 5.91 Å². The monoisotopic (exact) mass is 392 g/mol. The first-order chi connectivity index (χ1) is 10.1. The molecule has 1 amide bonds. The van der Waals surface area contributed by atoms with E-state index >= 15 is 0 Å². The third-order valence-corrected chi connectivity index (χ3v) is 5.26. The molecule has 0 unspecified atom stereocenters. The fourth-order valence-electron chi connectivity index (χ4n) is 1.37. The van der Waals surface area contributed by atoms with E-state index in [-0.39, 0.29) is 16.4 Å². The second-order valence-electron chi connectivity index (χ2n) is 4.79. The van der Waals surface area contributed by atoms with Crippen LogP contribution in [-0.4, -0.2) is 64.3 Å². The van der Waals surface area contributed by atoms with E-state index in [1.807, 2.05) is 0 Å². The highest BCUT2D eigenvalue weighted by Gasteiger charge is 2.21. The number of hydrogen-bond acceptors (Lipinski definition) is 5. The van der Waals surface area contributed by atoms with Crippen molar-refractivity contribution in [3.63, 3.8) is 0 Å². The summed E-state index contributed by atoms with van der Waals surface area (Å²) in [5.74, 6) is -1.15. The molecule has 0 aliphatic heterocycles. The van der Waals surface area contributed by atoms with E-state index < -0.39 is 22.6 Å². The molecule has 1 aromatic rings. The molecule has 0 aromatic heterocycles. The van der Waals surface area contributed by atoms with Gasteiger partial charge in [0.15, 0.2) is 6.61 Å². The fraction of sp³-hybridized carbons (Fsp3) is 0.385. The summed E-state index contributed by atoms with van der Waals surface area (Å²) >= 11 is 3.17. The van der Waals surface area contributed by atoms with E-state index in [1.165, 1.54) is 51.3 Å². The Morgan fingerprint density at radius 2 is 1.77 bits per heavy atom. The van der Waals surface area contributed by atoms with Crippen molar-refractivity contribution in [1.29, 1.82) is 0 Å². The van der Waals surface area contributed by atoms with Crippen molar-refractivity contribution in [2.45, 2.75) is 4.90 Å². The average molecular weight is 393 g/mol. The number of carbonyl (C=O) groups excluding carboxylic acids is 2. The number of ether oxygens (including phenoxy) is 1. The molecule has 0 heterocycles. The largest absolute Gasteiger partial charge is 0.452 e. The van der Waals surface area contributed by atoms with Gasteiger partial charge in [-0.05, 0) is 34.1 Å². The Bertz CT molecular complexity index is 686. The Balaban J connectivity index is 3.05. The molecule has 7 nitrogen and oxygen atoms in total. The van der Waals surface area contributed by atoms with E-state index in [1.54, 1.807) is 0 Å². The Morgan fingerprint density at radius 3 is 2.27 bits per heavy atom. The SMILES string of the molecule is CN(C)C(=O)COC(=O)c1cc(S(=O)(=O)N(C)C)ccc1Br. The summed E-state index contributed by atoms with van der Waals surface area (Å²) < 4.78 is 30.5. The lowest BCUT2D eigenvalue weighted by Crippen LogP contribution is -2.27. The zero-order valence-corrected chi connectivity index (χ0v) is 15.1. The van der Waals surface area contributed by atoms with Crippen LogP contribution in [0.4, 0.5) is 0 Å². The Hall–Kier alpha value is -1.45. The molecule has 9 heteroatoms. The highest BCUT2D eigenvalue weighted by atomic mass is 79.9. The van der Waals surface area contributed by atoms with Crippen LogP contribution in [0.1, 0.15) is 10.4 Å². The molecule has 0 fully saturated rings. The number of benzene rings is 1. The van der Waals surface area contributed by atoms with Gasteiger partial charge in [-0.15, -0.1) is 0 Å². The lowest BCUT2D eigenvalue weighted by molar-refractivity contribution is -0.131. The van der Waals surface area contributed by atoms with Crippen molar-refractivity contribution in [3.8, 4) is 0 Å². The van der Waals surface area contributed by atoms with Gasteiger partial charge >= 0.3 is 5.97 Å². The van der Waals surface area contributed by atoms with Crippen LogP contribution in [0.15, 0.2) is 27.6 Å². The van der Waals surface area contributed by atoms with Crippen LogP contribution in [0.2, 0.25) is 0 Å². The van der Waals surface area contributed by atoms with E-state index in [0.29, 0.717) is 4.47 Å². The van der Waals surface area contributed by atoms with Gasteiger partial charge in [-0.25, -0.2) is 17.5 Å². The standard InChI is InChI=1S/C13H17BrN2O5S/c1-15(2)12(17)8-21-13(18)10-7-9(5-6-11(10)14)22(19,20)16(3)4/h5-7H,8H2,1-4H3. The third-order valence-electron chi connectivity index (χ3n) is 2.76. The van der Waals surface area contributed by atoms with E-state index in [0.717, 1.165) is 4.31 Å². The predicted octanol–water partition coefficient (Wildman–Crippen LogP) is 0.944. The molecule has 122 valence electrons. The summed E-state index contributed by atoms with van der Waals surface area (Å²) in [5, 5.41) is 0. The number of likely N-dealkylation sites (N-methyl/N-ethyl adjacent to an activating group) is 1. The van der Waals surface area contributed by atoms with Crippen LogP contribution in [0.25, 0.3) is 0 Å². The lowest BCUT2D eigenvalue weighted by atomic mass is 10.2. The minimum Gasteiger partial charge on any atom is -0.452 e. The summed E-state index contributed by atoms with van der Waals surface area (Å²) in [7, 11) is 2.20. The van der Waals surface area contributed by atoms with Crippen LogP contribution < -0.4 is 0 Å². The Kier molecular flexibility index (Phi) is 6.09. The molecule has 0 bridgehead atoms. The van der Waals surface area contributed by atoms with Crippen molar-refractivity contribution in [2.24, 2.45) is 0 Å². The minimum atomic E-state index is -3.66. The first kappa shape index (κ1) is 18.6. The number of amides is 1. The maximum absolute atomic E-state index is 12.1. The number of esters is 1. The molecule has 0 N–H and O–H groups in total. The topological polar surface area (TPSA) is 84.0 Å². The highest BCUT2D eigenvalue weighted by molar-refractivity contribution is 9.10. The first-order valence-electron chi connectivity index (χ1n) is 6.16. The molecule has 0 spiro atoms. The molecule has 0 saturated carbocycles. The summed E-state index contributed by atoms with van der Waals surface area (Å²) in [4.78, 5) is 24.7. The second kappa shape index (κ2) is 7.21. The van der Waals surface area contributed by atoms with Crippen molar-refractivity contribution < 1.29 is 22.7 Å². The van der Waals surface area contributed by atoms with Gasteiger partial charge in [0.1, 0.15) is 0 Å². The van der Waals surface area contributed by atoms with Crippen LogP contribution in [-0.2, 0) is 19.6 Å². The van der Waals surface area contributed by atoms with Gasteiger partial charge in [0, 0.05) is 32.7 Å². The van der Waals surface area contributed by atoms with Crippen molar-refractivity contribution in [1.82, 2.24) is 9.21 Å². The number of carbonyl (C=O) groups is 2. The minimum absolute atomic E-state index is 0.0356. The number of halogens is 1. The zero-order valence-electron chi connectivity index (χ0n) is 12.7. The van der Waals surface area contributed by atoms with Gasteiger partial charge in [-0.2, -0.15) is 0 Å². The van der Waals surface area contributed by atoms with Crippen LogP contribution >= 0.6 is 15.9 Å². The molecule has 22 heavy (non-hydrogen) atoms. The smallest absolute Gasteiger partial charge is 0.339 e. The highest BCUT2D eigenvalue weighted by Crippen LogP contribution is 2.23. The van der Waals surface area contributed by atoms with Crippen molar-refractivity contribution >= 4 is 37.8 Å². The number of rotatable bonds is 5. The summed E-state index contributed by atoms with van der Waals surface area (Å²) in [6, 6.07) is 4.03. The molecule has 0 saturated heterocycles. The molecule has 1 aromatic carbocycles. The number of nitrogens with zero attached hydrogens (tertiary/aromatic N) is 2. The van der Waals surface area contributed by atoms with Gasteiger partial charge in [-0.3, -0.25) is 4.79 Å². The maximum Gasteiger partial charge on any atom is 0.339 e. The Morgan fingerprint density at radius 1 is 1.18 bits per heavy atom. The molecular formula is C13H17BrN2O5S. The van der Waals surface area contributed by atoms with Crippen LogP contribution in [0.5, 0.6) is 0 Å². The number of hydrogen-bond donors (Lipinski definition) is 0. The van der Waals surface area contributed by atoms with E-state index in [2.05, 4.69) is 15.9 Å². The normalized spacial score (nSPS) is 11.4. The summed E-state index contributed by atoms with van der Waals surface area (Å²) in [5.41, 5.74) is 0.0366. The lowest BCUT2D eigenvalue weighted by Gasteiger charge is -2.14. The predicted molar refractivity (Wildman–Crippen MR) is 84.0 cm³/mol. The fourth-order valence-corrected chi connectivity index (χ4v) is 2.70. The quantitative estimate of drug-likeness (QED) is 0.696. The molecule has 0 aliphatic carbocycles.